The number of amides is 1. The highest BCUT2D eigenvalue weighted by Crippen LogP contribution is 2.24. The molecule has 0 saturated carbocycles. The predicted molar refractivity (Wildman–Crippen MR) is 103 cm³/mol. The number of hydrogen-bond donors (Lipinski definition) is 0. The summed E-state index contributed by atoms with van der Waals surface area (Å²) in [5.74, 6) is 0.556. The lowest BCUT2D eigenvalue weighted by atomic mass is 9.92. The van der Waals surface area contributed by atoms with Crippen LogP contribution in [0.25, 0.3) is 6.08 Å². The minimum atomic E-state index is -0.234. The average molecular weight is 352 g/mol. The molecule has 1 aromatic carbocycles. The highest BCUT2D eigenvalue weighted by molar-refractivity contribution is 5.94. The smallest absolute Gasteiger partial charge is 0.255 e. The number of aromatic nitrogens is 1. The van der Waals surface area contributed by atoms with Crippen LogP contribution < -0.4 is 0 Å². The number of rotatable bonds is 5. The Hall–Kier alpha value is -2.49. The Balaban J connectivity index is 1.82. The molecule has 2 atom stereocenters. The molecule has 0 spiro atoms. The number of hydrogen-bond acceptors (Lipinski definition) is 2. The van der Waals surface area contributed by atoms with Crippen LogP contribution in [0.2, 0.25) is 0 Å². The number of carbonyl (C=O) groups excluding carboxylic acids is 1. The van der Waals surface area contributed by atoms with Crippen molar-refractivity contribution in [1.29, 1.82) is 0 Å². The Kier molecular flexibility index (Phi) is 5.50. The lowest BCUT2D eigenvalue weighted by molar-refractivity contribution is 0.0787. The molecule has 1 fully saturated rings. The summed E-state index contributed by atoms with van der Waals surface area (Å²) in [7, 11) is 0. The largest absolute Gasteiger partial charge is 0.338 e. The Morgan fingerprint density at radius 2 is 2.15 bits per heavy atom. The predicted octanol–water partition coefficient (Wildman–Crippen LogP) is 4.69. The van der Waals surface area contributed by atoms with E-state index >= 15 is 0 Å². The molecule has 1 aliphatic rings. The molecule has 1 aliphatic heterocycles. The zero-order chi connectivity index (χ0) is 18.7. The molecule has 0 radical (unpaired) electrons. The molecule has 3 rings (SSSR count). The standard InChI is InChI=1S/C22H25FN2O/c1-4-21-18(11-16(3)17-5-7-20(23)8-6-17)12-19(13-24-21)22(26)25-10-9-15(2)14-25/h4-8,12-13,15-16H,1,9-11,14H2,2-3H3/t15-,16?/m0/s1. The third-order valence-corrected chi connectivity index (χ3v) is 5.12. The van der Waals surface area contributed by atoms with Crippen LogP contribution in [-0.4, -0.2) is 28.9 Å². The minimum Gasteiger partial charge on any atom is -0.338 e. The molecule has 2 heterocycles. The topological polar surface area (TPSA) is 33.2 Å². The van der Waals surface area contributed by atoms with E-state index in [9.17, 15) is 9.18 Å². The second-order valence-corrected chi connectivity index (χ2v) is 7.27. The van der Waals surface area contributed by atoms with E-state index in [-0.39, 0.29) is 17.6 Å². The first-order valence-corrected chi connectivity index (χ1v) is 9.14. The number of pyridine rings is 1. The number of likely N-dealkylation sites (tertiary alicyclic amines) is 1. The van der Waals surface area contributed by atoms with E-state index in [2.05, 4.69) is 25.4 Å². The summed E-state index contributed by atoms with van der Waals surface area (Å²) in [5.41, 5.74) is 3.48. The zero-order valence-corrected chi connectivity index (χ0v) is 15.4. The summed E-state index contributed by atoms with van der Waals surface area (Å²) >= 11 is 0. The van der Waals surface area contributed by atoms with E-state index in [1.165, 1.54) is 12.1 Å². The van der Waals surface area contributed by atoms with E-state index in [0.717, 1.165) is 42.8 Å². The maximum Gasteiger partial charge on any atom is 0.255 e. The molecule has 0 bridgehead atoms. The van der Waals surface area contributed by atoms with Crippen LogP contribution in [0.1, 0.15) is 53.4 Å². The molecule has 1 amide bonds. The fourth-order valence-electron chi connectivity index (χ4n) is 3.53. The summed E-state index contributed by atoms with van der Waals surface area (Å²) < 4.78 is 13.1. The molecule has 2 aromatic rings. The molecule has 1 unspecified atom stereocenters. The van der Waals surface area contributed by atoms with Gasteiger partial charge in [0.1, 0.15) is 5.82 Å². The van der Waals surface area contributed by atoms with E-state index in [4.69, 9.17) is 0 Å². The van der Waals surface area contributed by atoms with Crippen molar-refractivity contribution in [3.63, 3.8) is 0 Å². The summed E-state index contributed by atoms with van der Waals surface area (Å²) in [6.07, 6.45) is 5.14. The van der Waals surface area contributed by atoms with Crippen molar-refractivity contribution in [3.05, 3.63) is 71.3 Å². The van der Waals surface area contributed by atoms with Gasteiger partial charge in [-0.3, -0.25) is 9.78 Å². The first kappa shape index (κ1) is 18.3. The molecule has 1 aromatic heterocycles. The van der Waals surface area contributed by atoms with Gasteiger partial charge in [0.05, 0.1) is 11.3 Å². The third-order valence-electron chi connectivity index (χ3n) is 5.12. The highest BCUT2D eigenvalue weighted by atomic mass is 19.1. The summed E-state index contributed by atoms with van der Waals surface area (Å²) in [5, 5.41) is 0. The monoisotopic (exact) mass is 352 g/mol. The number of carbonyl (C=O) groups is 1. The van der Waals surface area contributed by atoms with Gasteiger partial charge < -0.3 is 4.90 Å². The van der Waals surface area contributed by atoms with Crippen LogP contribution in [-0.2, 0) is 6.42 Å². The van der Waals surface area contributed by atoms with E-state index < -0.39 is 0 Å². The maximum absolute atomic E-state index is 13.1. The molecule has 4 heteroatoms. The van der Waals surface area contributed by atoms with Crippen molar-refractivity contribution in [1.82, 2.24) is 9.88 Å². The Morgan fingerprint density at radius 3 is 2.77 bits per heavy atom. The van der Waals surface area contributed by atoms with Crippen molar-refractivity contribution in [2.75, 3.05) is 13.1 Å². The van der Waals surface area contributed by atoms with E-state index in [1.807, 2.05) is 23.1 Å². The van der Waals surface area contributed by atoms with Gasteiger partial charge in [-0.25, -0.2) is 4.39 Å². The van der Waals surface area contributed by atoms with Crippen molar-refractivity contribution < 1.29 is 9.18 Å². The van der Waals surface area contributed by atoms with Crippen LogP contribution in [0, 0.1) is 11.7 Å². The van der Waals surface area contributed by atoms with Crippen LogP contribution in [0.3, 0.4) is 0 Å². The van der Waals surface area contributed by atoms with Gasteiger partial charge in [-0.05, 0) is 60.1 Å². The average Bonchev–Trinajstić information content (AvgIpc) is 3.08. The molecule has 26 heavy (non-hydrogen) atoms. The van der Waals surface area contributed by atoms with Gasteiger partial charge >= 0.3 is 0 Å². The molecular formula is C22H25FN2O. The lowest BCUT2D eigenvalue weighted by Gasteiger charge is -2.18. The van der Waals surface area contributed by atoms with Gasteiger partial charge in [0.2, 0.25) is 0 Å². The van der Waals surface area contributed by atoms with Gasteiger partial charge in [-0.15, -0.1) is 0 Å². The molecule has 0 N–H and O–H groups in total. The fraction of sp³-hybridized carbons (Fsp3) is 0.364. The molecule has 0 aliphatic carbocycles. The lowest BCUT2D eigenvalue weighted by Crippen LogP contribution is -2.28. The SMILES string of the molecule is C=Cc1ncc(C(=O)N2CC[C@H](C)C2)cc1CC(C)c1ccc(F)cc1. The van der Waals surface area contributed by atoms with Gasteiger partial charge in [0.15, 0.2) is 0 Å². The van der Waals surface area contributed by atoms with Crippen LogP contribution in [0.15, 0.2) is 43.1 Å². The fourth-order valence-corrected chi connectivity index (χ4v) is 3.53. The van der Waals surface area contributed by atoms with Gasteiger partial charge in [-0.2, -0.15) is 0 Å². The molecular weight excluding hydrogens is 327 g/mol. The van der Waals surface area contributed by atoms with Crippen LogP contribution in [0.4, 0.5) is 4.39 Å². The van der Waals surface area contributed by atoms with Gasteiger partial charge in [-0.1, -0.05) is 32.6 Å². The zero-order valence-electron chi connectivity index (χ0n) is 15.4. The number of halogens is 1. The molecule has 136 valence electrons. The normalized spacial score (nSPS) is 18.0. The summed E-state index contributed by atoms with van der Waals surface area (Å²) in [4.78, 5) is 19.1. The van der Waals surface area contributed by atoms with Crippen molar-refractivity contribution >= 4 is 12.0 Å². The van der Waals surface area contributed by atoms with Crippen molar-refractivity contribution in [2.24, 2.45) is 5.92 Å². The second kappa shape index (κ2) is 7.81. The van der Waals surface area contributed by atoms with Gasteiger partial charge in [0.25, 0.3) is 5.91 Å². The summed E-state index contributed by atoms with van der Waals surface area (Å²) in [6, 6.07) is 8.51. The quantitative estimate of drug-likeness (QED) is 0.782. The molecule has 3 nitrogen and oxygen atoms in total. The highest BCUT2D eigenvalue weighted by Gasteiger charge is 2.25. The Morgan fingerprint density at radius 1 is 1.42 bits per heavy atom. The van der Waals surface area contributed by atoms with Crippen LogP contribution >= 0.6 is 0 Å². The minimum absolute atomic E-state index is 0.0492. The van der Waals surface area contributed by atoms with Crippen molar-refractivity contribution in [2.45, 2.75) is 32.6 Å². The first-order chi connectivity index (χ1) is 12.5. The van der Waals surface area contributed by atoms with E-state index in [0.29, 0.717) is 11.5 Å². The Bertz CT molecular complexity index is 800. The second-order valence-electron chi connectivity index (χ2n) is 7.27. The number of benzene rings is 1. The summed E-state index contributed by atoms with van der Waals surface area (Å²) in [6.45, 7) is 9.72. The maximum atomic E-state index is 13.1. The third kappa shape index (κ3) is 4.01. The van der Waals surface area contributed by atoms with Crippen LogP contribution in [0.5, 0.6) is 0 Å². The number of nitrogens with zero attached hydrogens (tertiary/aromatic N) is 2. The Labute approximate surface area is 154 Å². The first-order valence-electron chi connectivity index (χ1n) is 9.14. The molecule has 1 saturated heterocycles. The van der Waals surface area contributed by atoms with Crippen molar-refractivity contribution in [3.8, 4) is 0 Å². The van der Waals surface area contributed by atoms with Gasteiger partial charge in [0, 0.05) is 19.3 Å². The van der Waals surface area contributed by atoms with E-state index in [1.54, 1.807) is 12.3 Å².